The second kappa shape index (κ2) is 9.34. The summed E-state index contributed by atoms with van der Waals surface area (Å²) in [5, 5.41) is 0. The van der Waals surface area contributed by atoms with Gasteiger partial charge in [-0.3, -0.25) is 4.39 Å². The molecule has 1 aromatic carbocycles. The minimum absolute atomic E-state index is 0.175. The third-order valence-electron chi connectivity index (χ3n) is 2.30. The van der Waals surface area contributed by atoms with Gasteiger partial charge in [-0.25, -0.2) is 0 Å². The molecule has 0 aliphatic rings. The third kappa shape index (κ3) is 5.26. The Balaban J connectivity index is 0. The van der Waals surface area contributed by atoms with Crippen molar-refractivity contribution in [2.45, 2.75) is 40.2 Å². The van der Waals surface area contributed by atoms with E-state index in [4.69, 9.17) is 4.74 Å². The SMILES string of the molecule is CC.CF.COC(C)(C)c1ccccc1C. The highest BCUT2D eigenvalue weighted by molar-refractivity contribution is 5.30. The zero-order chi connectivity index (χ0) is 13.2. The van der Waals surface area contributed by atoms with E-state index in [0.717, 1.165) is 0 Å². The molecule has 0 atom stereocenters. The maximum absolute atomic E-state index is 9.50. The molecule has 0 N–H and O–H groups in total. The Morgan fingerprint density at radius 1 is 1.06 bits per heavy atom. The Labute approximate surface area is 99.6 Å². The number of hydrogen-bond acceptors (Lipinski definition) is 1. The van der Waals surface area contributed by atoms with Crippen LogP contribution in [0.1, 0.15) is 38.8 Å². The molecule has 0 bridgehead atoms. The number of ether oxygens (including phenoxy) is 1. The van der Waals surface area contributed by atoms with Crippen LogP contribution in [0.15, 0.2) is 24.3 Å². The van der Waals surface area contributed by atoms with Crippen molar-refractivity contribution in [2.24, 2.45) is 0 Å². The molecular weight excluding hydrogens is 203 g/mol. The quantitative estimate of drug-likeness (QED) is 0.724. The summed E-state index contributed by atoms with van der Waals surface area (Å²) in [6, 6.07) is 8.31. The van der Waals surface area contributed by atoms with Crippen molar-refractivity contribution in [1.82, 2.24) is 0 Å². The van der Waals surface area contributed by atoms with Gasteiger partial charge in [-0.1, -0.05) is 38.1 Å². The highest BCUT2D eigenvalue weighted by Gasteiger charge is 2.20. The van der Waals surface area contributed by atoms with Gasteiger partial charge >= 0.3 is 0 Å². The molecule has 1 aromatic rings. The molecule has 0 amide bonds. The molecule has 1 nitrogen and oxygen atoms in total. The van der Waals surface area contributed by atoms with Crippen molar-refractivity contribution < 1.29 is 9.13 Å². The van der Waals surface area contributed by atoms with Gasteiger partial charge in [0.2, 0.25) is 0 Å². The Morgan fingerprint density at radius 3 is 1.88 bits per heavy atom. The van der Waals surface area contributed by atoms with Gasteiger partial charge in [0, 0.05) is 7.11 Å². The lowest BCUT2D eigenvalue weighted by molar-refractivity contribution is 0.0187. The predicted molar refractivity (Wildman–Crippen MR) is 69.6 cm³/mol. The fraction of sp³-hybridized carbons (Fsp3) is 0.571. The zero-order valence-electron chi connectivity index (χ0n) is 11.6. The first-order valence-corrected chi connectivity index (χ1v) is 5.57. The molecule has 0 fully saturated rings. The van der Waals surface area contributed by atoms with Gasteiger partial charge in [-0.15, -0.1) is 0 Å². The van der Waals surface area contributed by atoms with Crippen molar-refractivity contribution in [3.05, 3.63) is 35.4 Å². The van der Waals surface area contributed by atoms with Gasteiger partial charge in [-0.05, 0) is 31.9 Å². The lowest BCUT2D eigenvalue weighted by atomic mass is 9.94. The van der Waals surface area contributed by atoms with Crippen molar-refractivity contribution in [1.29, 1.82) is 0 Å². The minimum Gasteiger partial charge on any atom is -0.374 e. The molecule has 0 aliphatic heterocycles. The van der Waals surface area contributed by atoms with Gasteiger partial charge in [0.25, 0.3) is 0 Å². The summed E-state index contributed by atoms with van der Waals surface area (Å²) < 4.78 is 14.9. The molecule has 0 aliphatic carbocycles. The Hall–Kier alpha value is -0.890. The minimum atomic E-state index is -0.175. The molecular formula is C14H25FO. The van der Waals surface area contributed by atoms with E-state index in [-0.39, 0.29) is 5.60 Å². The molecule has 0 aromatic heterocycles. The lowest BCUT2D eigenvalue weighted by Crippen LogP contribution is -2.20. The summed E-state index contributed by atoms with van der Waals surface area (Å²) in [7, 11) is 2.24. The van der Waals surface area contributed by atoms with Crippen molar-refractivity contribution >= 4 is 0 Å². The molecule has 2 heteroatoms. The van der Waals surface area contributed by atoms with Crippen LogP contribution in [0.2, 0.25) is 0 Å². The molecule has 0 heterocycles. The largest absolute Gasteiger partial charge is 0.374 e. The zero-order valence-corrected chi connectivity index (χ0v) is 11.6. The van der Waals surface area contributed by atoms with Crippen LogP contribution in [0.4, 0.5) is 4.39 Å². The topological polar surface area (TPSA) is 9.23 Å². The monoisotopic (exact) mass is 228 g/mol. The van der Waals surface area contributed by atoms with Crippen LogP contribution in [-0.2, 0) is 10.3 Å². The molecule has 0 saturated heterocycles. The summed E-state index contributed by atoms with van der Waals surface area (Å²) in [6.07, 6.45) is 0. The first kappa shape index (κ1) is 17.5. The summed E-state index contributed by atoms with van der Waals surface area (Å²) in [5.41, 5.74) is 2.36. The van der Waals surface area contributed by atoms with E-state index >= 15 is 0 Å². The maximum Gasteiger partial charge on any atom is 0.0874 e. The Morgan fingerprint density at radius 2 is 1.50 bits per heavy atom. The van der Waals surface area contributed by atoms with Crippen LogP contribution in [0, 0.1) is 6.92 Å². The summed E-state index contributed by atoms with van der Waals surface area (Å²) >= 11 is 0. The van der Waals surface area contributed by atoms with Crippen molar-refractivity contribution in [2.75, 3.05) is 14.3 Å². The van der Waals surface area contributed by atoms with Crippen LogP contribution in [0.3, 0.4) is 0 Å². The van der Waals surface area contributed by atoms with Crippen LogP contribution >= 0.6 is 0 Å². The van der Waals surface area contributed by atoms with E-state index in [1.165, 1.54) is 11.1 Å². The maximum atomic E-state index is 9.50. The van der Waals surface area contributed by atoms with Gasteiger partial charge < -0.3 is 4.74 Å². The summed E-state index contributed by atoms with van der Waals surface area (Å²) in [5.74, 6) is 0. The van der Waals surface area contributed by atoms with Gasteiger partial charge in [0.05, 0.1) is 12.8 Å². The van der Waals surface area contributed by atoms with Crippen LogP contribution < -0.4 is 0 Å². The molecule has 0 unspecified atom stereocenters. The molecule has 0 radical (unpaired) electrons. The number of rotatable bonds is 2. The predicted octanol–water partition coefficient (Wildman–Crippen LogP) is 4.49. The van der Waals surface area contributed by atoms with E-state index in [1.807, 2.05) is 26.0 Å². The average molecular weight is 228 g/mol. The smallest absolute Gasteiger partial charge is 0.0874 e. The second-order valence-electron chi connectivity index (χ2n) is 3.53. The molecule has 16 heavy (non-hydrogen) atoms. The molecule has 0 saturated carbocycles. The highest BCUT2D eigenvalue weighted by atomic mass is 19.1. The normalized spacial score (nSPS) is 9.50. The van der Waals surface area contributed by atoms with Crippen molar-refractivity contribution in [3.8, 4) is 0 Å². The number of alkyl halides is 1. The van der Waals surface area contributed by atoms with E-state index < -0.39 is 0 Å². The average Bonchev–Trinajstić information content (AvgIpc) is 2.34. The number of benzene rings is 1. The Bertz CT molecular complexity index is 269. The van der Waals surface area contributed by atoms with Crippen LogP contribution in [-0.4, -0.2) is 14.3 Å². The highest BCUT2D eigenvalue weighted by Crippen LogP contribution is 2.26. The van der Waals surface area contributed by atoms with E-state index in [2.05, 4.69) is 32.9 Å². The fourth-order valence-corrected chi connectivity index (χ4v) is 1.36. The Kier molecular flexibility index (Phi) is 10.2. The molecule has 1 rings (SSSR count). The van der Waals surface area contributed by atoms with Gasteiger partial charge in [0.1, 0.15) is 0 Å². The standard InChI is InChI=1S/C11H16O.C2H6.CH3F/c1-9-7-5-6-8-10(9)11(2,3)12-4;2*1-2/h5-8H,1-4H3;1-2H3;1H3. The first-order valence-electron chi connectivity index (χ1n) is 5.57. The van der Waals surface area contributed by atoms with Crippen molar-refractivity contribution in [3.63, 3.8) is 0 Å². The van der Waals surface area contributed by atoms with Gasteiger partial charge in [-0.2, -0.15) is 0 Å². The first-order chi connectivity index (χ1) is 7.58. The number of aryl methyl sites for hydroxylation is 1. The summed E-state index contributed by atoms with van der Waals surface area (Å²) in [4.78, 5) is 0. The second-order valence-corrected chi connectivity index (χ2v) is 3.53. The summed E-state index contributed by atoms with van der Waals surface area (Å²) in [6.45, 7) is 10.3. The number of halogens is 1. The number of methoxy groups -OCH3 is 1. The van der Waals surface area contributed by atoms with Gasteiger partial charge in [0.15, 0.2) is 0 Å². The van der Waals surface area contributed by atoms with E-state index in [9.17, 15) is 4.39 Å². The van der Waals surface area contributed by atoms with E-state index in [1.54, 1.807) is 7.11 Å². The number of hydrogen-bond donors (Lipinski definition) is 0. The van der Waals surface area contributed by atoms with Crippen LogP contribution in [0.25, 0.3) is 0 Å². The van der Waals surface area contributed by atoms with Crippen LogP contribution in [0.5, 0.6) is 0 Å². The third-order valence-corrected chi connectivity index (χ3v) is 2.30. The van der Waals surface area contributed by atoms with E-state index in [0.29, 0.717) is 7.18 Å². The molecule has 0 spiro atoms. The molecule has 94 valence electrons. The fourth-order valence-electron chi connectivity index (χ4n) is 1.36. The lowest BCUT2D eigenvalue weighted by Gasteiger charge is -2.25.